The molecule has 0 amide bonds. The summed E-state index contributed by atoms with van der Waals surface area (Å²) < 4.78 is 0. The molecule has 1 nitrogen and oxygen atoms in total. The fourth-order valence-corrected chi connectivity index (χ4v) is 0.988. The predicted octanol–water partition coefficient (Wildman–Crippen LogP) is 2.21. The SMILES string of the molecule is C/C=C/c1cccc(CO)c1. The van der Waals surface area contributed by atoms with Crippen molar-refractivity contribution in [2.45, 2.75) is 13.5 Å². The van der Waals surface area contributed by atoms with E-state index in [-0.39, 0.29) is 6.61 Å². The minimum atomic E-state index is 0.116. The van der Waals surface area contributed by atoms with Crippen molar-refractivity contribution >= 4 is 6.08 Å². The summed E-state index contributed by atoms with van der Waals surface area (Å²) >= 11 is 0. The second-order valence-corrected chi connectivity index (χ2v) is 2.40. The van der Waals surface area contributed by atoms with E-state index in [1.807, 2.05) is 43.3 Å². The Morgan fingerprint density at radius 1 is 1.45 bits per heavy atom. The fraction of sp³-hybridized carbons (Fsp3) is 0.200. The van der Waals surface area contributed by atoms with Gasteiger partial charge in [0.25, 0.3) is 0 Å². The Morgan fingerprint density at radius 2 is 2.27 bits per heavy atom. The van der Waals surface area contributed by atoms with E-state index in [1.54, 1.807) is 0 Å². The minimum absolute atomic E-state index is 0.116. The molecule has 0 radical (unpaired) electrons. The standard InChI is InChI=1S/C10H12O/c1-2-4-9-5-3-6-10(7-9)8-11/h2-7,11H,8H2,1H3/b4-2+. The second-order valence-electron chi connectivity index (χ2n) is 2.40. The highest BCUT2D eigenvalue weighted by atomic mass is 16.3. The maximum Gasteiger partial charge on any atom is 0.0682 e. The zero-order chi connectivity index (χ0) is 8.10. The van der Waals surface area contributed by atoms with Crippen LogP contribution in [0.3, 0.4) is 0 Å². The zero-order valence-electron chi connectivity index (χ0n) is 6.62. The van der Waals surface area contributed by atoms with Crippen LogP contribution in [0.4, 0.5) is 0 Å². The van der Waals surface area contributed by atoms with E-state index in [4.69, 9.17) is 5.11 Å². The summed E-state index contributed by atoms with van der Waals surface area (Å²) in [6.07, 6.45) is 4.00. The average molecular weight is 148 g/mol. The van der Waals surface area contributed by atoms with Gasteiger partial charge in [0.15, 0.2) is 0 Å². The van der Waals surface area contributed by atoms with E-state index >= 15 is 0 Å². The van der Waals surface area contributed by atoms with Crippen molar-refractivity contribution in [1.82, 2.24) is 0 Å². The molecule has 0 saturated heterocycles. The van der Waals surface area contributed by atoms with E-state index in [0.717, 1.165) is 11.1 Å². The third-order valence-electron chi connectivity index (χ3n) is 1.49. The Labute approximate surface area is 67.0 Å². The van der Waals surface area contributed by atoms with Crippen LogP contribution in [0.1, 0.15) is 18.1 Å². The van der Waals surface area contributed by atoms with Gasteiger partial charge in [0.2, 0.25) is 0 Å². The molecule has 0 aliphatic heterocycles. The molecule has 0 saturated carbocycles. The van der Waals surface area contributed by atoms with Crippen molar-refractivity contribution in [3.05, 3.63) is 41.5 Å². The van der Waals surface area contributed by atoms with E-state index in [2.05, 4.69) is 0 Å². The average Bonchev–Trinajstić information content (AvgIpc) is 2.06. The molecular weight excluding hydrogens is 136 g/mol. The lowest BCUT2D eigenvalue weighted by Gasteiger charge is -1.96. The number of hydrogen-bond acceptors (Lipinski definition) is 1. The van der Waals surface area contributed by atoms with Gasteiger partial charge < -0.3 is 5.11 Å². The first-order chi connectivity index (χ1) is 5.36. The van der Waals surface area contributed by atoms with Gasteiger partial charge in [-0.2, -0.15) is 0 Å². The smallest absolute Gasteiger partial charge is 0.0682 e. The Kier molecular flexibility index (Phi) is 2.87. The molecule has 0 unspecified atom stereocenters. The topological polar surface area (TPSA) is 20.2 Å². The van der Waals surface area contributed by atoms with Crippen LogP contribution < -0.4 is 0 Å². The lowest BCUT2D eigenvalue weighted by molar-refractivity contribution is 0.282. The molecule has 0 aliphatic carbocycles. The lowest BCUT2D eigenvalue weighted by atomic mass is 10.1. The van der Waals surface area contributed by atoms with Crippen LogP contribution >= 0.6 is 0 Å². The first-order valence-electron chi connectivity index (χ1n) is 3.69. The lowest BCUT2D eigenvalue weighted by Crippen LogP contribution is -1.82. The number of hydrogen-bond donors (Lipinski definition) is 1. The van der Waals surface area contributed by atoms with Gasteiger partial charge in [0.05, 0.1) is 6.61 Å². The maximum atomic E-state index is 8.81. The molecular formula is C10H12O. The molecule has 1 heteroatoms. The van der Waals surface area contributed by atoms with Crippen LogP contribution in [-0.2, 0) is 6.61 Å². The summed E-state index contributed by atoms with van der Waals surface area (Å²) in [6, 6.07) is 7.84. The van der Waals surface area contributed by atoms with Crippen molar-refractivity contribution in [2.24, 2.45) is 0 Å². The molecule has 0 heterocycles. The molecule has 1 N–H and O–H groups in total. The molecule has 11 heavy (non-hydrogen) atoms. The van der Waals surface area contributed by atoms with Crippen molar-refractivity contribution in [3.8, 4) is 0 Å². The molecule has 58 valence electrons. The normalized spacial score (nSPS) is 10.7. The second kappa shape index (κ2) is 3.94. The number of aliphatic hydroxyl groups excluding tert-OH is 1. The van der Waals surface area contributed by atoms with Crippen LogP contribution in [-0.4, -0.2) is 5.11 Å². The van der Waals surface area contributed by atoms with Crippen LogP contribution in [0.5, 0.6) is 0 Å². The quantitative estimate of drug-likeness (QED) is 0.681. The van der Waals surface area contributed by atoms with E-state index in [0.29, 0.717) is 0 Å². The summed E-state index contributed by atoms with van der Waals surface area (Å²) in [4.78, 5) is 0. The maximum absolute atomic E-state index is 8.81. The fourth-order valence-electron chi connectivity index (χ4n) is 0.988. The van der Waals surface area contributed by atoms with Crippen molar-refractivity contribution in [1.29, 1.82) is 0 Å². The van der Waals surface area contributed by atoms with Crippen LogP contribution in [0, 0.1) is 0 Å². The van der Waals surface area contributed by atoms with Gasteiger partial charge in [-0.15, -0.1) is 0 Å². The molecule has 0 atom stereocenters. The van der Waals surface area contributed by atoms with Gasteiger partial charge in [-0.1, -0.05) is 30.4 Å². The Hall–Kier alpha value is -1.08. The van der Waals surface area contributed by atoms with Gasteiger partial charge in [0, 0.05) is 0 Å². The highest BCUT2D eigenvalue weighted by Crippen LogP contribution is 2.06. The minimum Gasteiger partial charge on any atom is -0.392 e. The summed E-state index contributed by atoms with van der Waals surface area (Å²) in [7, 11) is 0. The Bertz CT molecular complexity index is 251. The Morgan fingerprint density at radius 3 is 2.91 bits per heavy atom. The number of rotatable bonds is 2. The van der Waals surface area contributed by atoms with Crippen molar-refractivity contribution in [3.63, 3.8) is 0 Å². The van der Waals surface area contributed by atoms with Crippen molar-refractivity contribution in [2.75, 3.05) is 0 Å². The first kappa shape index (κ1) is 8.02. The monoisotopic (exact) mass is 148 g/mol. The molecule has 0 aliphatic rings. The van der Waals surface area contributed by atoms with E-state index < -0.39 is 0 Å². The summed E-state index contributed by atoms with van der Waals surface area (Å²) in [5.41, 5.74) is 2.10. The first-order valence-corrected chi connectivity index (χ1v) is 3.69. The van der Waals surface area contributed by atoms with E-state index in [9.17, 15) is 0 Å². The highest BCUT2D eigenvalue weighted by Gasteiger charge is 1.89. The highest BCUT2D eigenvalue weighted by molar-refractivity contribution is 5.49. The van der Waals surface area contributed by atoms with Gasteiger partial charge >= 0.3 is 0 Å². The Balaban J connectivity index is 2.91. The molecule has 0 fully saturated rings. The number of allylic oxidation sites excluding steroid dienone is 1. The molecule has 0 spiro atoms. The zero-order valence-corrected chi connectivity index (χ0v) is 6.62. The largest absolute Gasteiger partial charge is 0.392 e. The summed E-state index contributed by atoms with van der Waals surface area (Å²) in [5, 5.41) is 8.81. The molecule has 0 bridgehead atoms. The van der Waals surface area contributed by atoms with Gasteiger partial charge in [-0.25, -0.2) is 0 Å². The van der Waals surface area contributed by atoms with E-state index in [1.165, 1.54) is 0 Å². The number of benzene rings is 1. The van der Waals surface area contributed by atoms with Crippen LogP contribution in [0.25, 0.3) is 6.08 Å². The third kappa shape index (κ3) is 2.20. The van der Waals surface area contributed by atoms with Gasteiger partial charge in [-0.05, 0) is 24.1 Å². The molecule has 1 aromatic rings. The summed E-state index contributed by atoms with van der Waals surface area (Å²) in [6.45, 7) is 2.09. The predicted molar refractivity (Wildman–Crippen MR) is 47.1 cm³/mol. The number of aliphatic hydroxyl groups is 1. The third-order valence-corrected chi connectivity index (χ3v) is 1.49. The summed E-state index contributed by atoms with van der Waals surface area (Å²) in [5.74, 6) is 0. The van der Waals surface area contributed by atoms with Crippen molar-refractivity contribution < 1.29 is 5.11 Å². The molecule has 1 rings (SSSR count). The van der Waals surface area contributed by atoms with Gasteiger partial charge in [-0.3, -0.25) is 0 Å². The van der Waals surface area contributed by atoms with Gasteiger partial charge in [0.1, 0.15) is 0 Å². The van der Waals surface area contributed by atoms with Crippen LogP contribution in [0.2, 0.25) is 0 Å². The molecule has 0 aromatic heterocycles. The molecule has 1 aromatic carbocycles. The van der Waals surface area contributed by atoms with Crippen LogP contribution in [0.15, 0.2) is 30.3 Å².